The molecule has 0 radical (unpaired) electrons. The first kappa shape index (κ1) is 14.7. The van der Waals surface area contributed by atoms with E-state index in [0.717, 1.165) is 16.7 Å². The molecule has 0 aliphatic heterocycles. The Morgan fingerprint density at radius 3 is 2.05 bits per heavy atom. The number of hydrogen-bond acceptors (Lipinski definition) is 3. The van der Waals surface area contributed by atoms with Crippen LogP contribution in [0.15, 0.2) is 54.6 Å². The smallest absolute Gasteiger partial charge is 0.216 e. The second kappa shape index (κ2) is 6.65. The first-order chi connectivity index (χ1) is 9.59. The van der Waals surface area contributed by atoms with Crippen molar-refractivity contribution in [1.82, 2.24) is 4.72 Å². The molecular weight excluding hydrogens is 272 g/mol. The van der Waals surface area contributed by atoms with Crippen molar-refractivity contribution < 1.29 is 8.42 Å². The summed E-state index contributed by atoms with van der Waals surface area (Å²) in [7, 11) is -3.32. The van der Waals surface area contributed by atoms with Crippen LogP contribution in [0, 0.1) is 0 Å². The van der Waals surface area contributed by atoms with Gasteiger partial charge in [0.15, 0.2) is 0 Å². The molecule has 106 valence electrons. The number of sulfonamides is 1. The first-order valence-electron chi connectivity index (χ1n) is 6.38. The number of hydrogen-bond donors (Lipinski definition) is 2. The van der Waals surface area contributed by atoms with Gasteiger partial charge in [-0.2, -0.15) is 0 Å². The van der Waals surface area contributed by atoms with E-state index in [2.05, 4.69) is 4.72 Å². The minimum atomic E-state index is -3.32. The molecule has 3 N–H and O–H groups in total. The van der Waals surface area contributed by atoms with Gasteiger partial charge in [-0.3, -0.25) is 0 Å². The summed E-state index contributed by atoms with van der Waals surface area (Å²) in [5, 5.41) is 0. The summed E-state index contributed by atoms with van der Waals surface area (Å²) in [6.45, 7) is 0.778. The van der Waals surface area contributed by atoms with Crippen LogP contribution < -0.4 is 10.5 Å². The van der Waals surface area contributed by atoms with Crippen molar-refractivity contribution in [1.29, 1.82) is 0 Å². The largest absolute Gasteiger partial charge is 0.326 e. The molecule has 0 aliphatic rings. The average molecular weight is 290 g/mol. The molecule has 0 heterocycles. The molecule has 0 amide bonds. The molecule has 0 aliphatic carbocycles. The number of nitrogens with two attached hydrogens (primary N) is 1. The second-order valence-electron chi connectivity index (χ2n) is 4.59. The maximum Gasteiger partial charge on any atom is 0.216 e. The van der Waals surface area contributed by atoms with Crippen molar-refractivity contribution in [3.8, 4) is 0 Å². The second-order valence-corrected chi connectivity index (χ2v) is 6.39. The van der Waals surface area contributed by atoms with Crippen LogP contribution in [0.5, 0.6) is 0 Å². The minimum Gasteiger partial charge on any atom is -0.326 e. The van der Waals surface area contributed by atoms with E-state index in [-0.39, 0.29) is 5.75 Å². The number of benzene rings is 2. The number of nitrogens with one attached hydrogen (secondary N) is 1. The molecule has 0 saturated heterocycles. The quantitative estimate of drug-likeness (QED) is 0.851. The van der Waals surface area contributed by atoms with Gasteiger partial charge in [0, 0.05) is 13.1 Å². The molecule has 0 saturated carbocycles. The Morgan fingerprint density at radius 2 is 1.45 bits per heavy atom. The van der Waals surface area contributed by atoms with Crippen LogP contribution in [-0.4, -0.2) is 8.42 Å². The van der Waals surface area contributed by atoms with Crippen LogP contribution >= 0.6 is 0 Å². The summed E-state index contributed by atoms with van der Waals surface area (Å²) < 4.78 is 26.5. The van der Waals surface area contributed by atoms with Gasteiger partial charge in [-0.1, -0.05) is 54.6 Å². The fourth-order valence-corrected chi connectivity index (χ4v) is 2.95. The molecular formula is C15H18N2O2S. The third kappa shape index (κ3) is 4.45. The molecule has 4 nitrogen and oxygen atoms in total. The summed E-state index contributed by atoms with van der Waals surface area (Å²) in [5.41, 5.74) is 8.24. The van der Waals surface area contributed by atoms with E-state index in [9.17, 15) is 8.42 Å². The average Bonchev–Trinajstić information content (AvgIpc) is 2.46. The molecule has 2 aromatic rings. The molecule has 2 rings (SSSR count). The Hall–Kier alpha value is -1.69. The molecule has 0 unspecified atom stereocenters. The molecule has 0 spiro atoms. The van der Waals surface area contributed by atoms with Crippen molar-refractivity contribution in [2.75, 3.05) is 0 Å². The van der Waals surface area contributed by atoms with E-state index in [4.69, 9.17) is 5.73 Å². The predicted molar refractivity (Wildman–Crippen MR) is 80.2 cm³/mol. The van der Waals surface area contributed by atoms with E-state index in [1.54, 1.807) is 12.1 Å². The van der Waals surface area contributed by atoms with Crippen LogP contribution in [0.1, 0.15) is 16.7 Å². The summed E-state index contributed by atoms with van der Waals surface area (Å²) in [6.07, 6.45) is 0. The van der Waals surface area contributed by atoms with Gasteiger partial charge >= 0.3 is 0 Å². The Kier molecular flexibility index (Phi) is 4.89. The summed E-state index contributed by atoms with van der Waals surface area (Å²) in [4.78, 5) is 0. The summed E-state index contributed by atoms with van der Waals surface area (Å²) in [5.74, 6) is -0.00523. The lowest BCUT2D eigenvalue weighted by atomic mass is 10.1. The summed E-state index contributed by atoms with van der Waals surface area (Å²) in [6, 6.07) is 16.7. The molecule has 20 heavy (non-hydrogen) atoms. The highest BCUT2D eigenvalue weighted by Gasteiger charge is 2.10. The normalized spacial score (nSPS) is 11.4. The van der Waals surface area contributed by atoms with Crippen LogP contribution in [0.4, 0.5) is 0 Å². The minimum absolute atomic E-state index is 0.00523. The molecule has 5 heteroatoms. The van der Waals surface area contributed by atoms with Gasteiger partial charge in [0.2, 0.25) is 10.0 Å². The van der Waals surface area contributed by atoms with Gasteiger partial charge in [-0.05, 0) is 16.7 Å². The van der Waals surface area contributed by atoms with Crippen LogP contribution in [0.25, 0.3) is 0 Å². The van der Waals surface area contributed by atoms with Crippen molar-refractivity contribution in [2.24, 2.45) is 5.73 Å². The third-order valence-electron chi connectivity index (χ3n) is 2.95. The van der Waals surface area contributed by atoms with E-state index >= 15 is 0 Å². The Morgan fingerprint density at radius 1 is 0.850 bits per heavy atom. The molecule has 0 atom stereocenters. The van der Waals surface area contributed by atoms with Crippen molar-refractivity contribution in [2.45, 2.75) is 18.8 Å². The predicted octanol–water partition coefficient (Wildman–Crippen LogP) is 1.76. The lowest BCUT2D eigenvalue weighted by molar-refractivity contribution is 0.580. The zero-order valence-corrected chi connectivity index (χ0v) is 11.9. The fourth-order valence-electron chi connectivity index (χ4n) is 1.83. The van der Waals surface area contributed by atoms with Crippen LogP contribution in [-0.2, 0) is 28.9 Å². The van der Waals surface area contributed by atoms with Crippen molar-refractivity contribution in [3.05, 3.63) is 71.3 Å². The van der Waals surface area contributed by atoms with Crippen molar-refractivity contribution >= 4 is 10.0 Å². The van der Waals surface area contributed by atoms with Gasteiger partial charge in [0.05, 0.1) is 5.75 Å². The lowest BCUT2D eigenvalue weighted by Gasteiger charge is -2.07. The van der Waals surface area contributed by atoms with Gasteiger partial charge in [0.1, 0.15) is 0 Å². The monoisotopic (exact) mass is 290 g/mol. The highest BCUT2D eigenvalue weighted by atomic mass is 32.2. The molecule has 2 aromatic carbocycles. The first-order valence-corrected chi connectivity index (χ1v) is 8.03. The SMILES string of the molecule is NCc1ccc(CNS(=O)(=O)Cc2ccccc2)cc1. The van der Waals surface area contributed by atoms with Crippen LogP contribution in [0.3, 0.4) is 0 Å². The third-order valence-corrected chi connectivity index (χ3v) is 4.25. The van der Waals surface area contributed by atoms with Gasteiger partial charge in [0.25, 0.3) is 0 Å². The maximum atomic E-state index is 12.0. The van der Waals surface area contributed by atoms with Crippen LogP contribution in [0.2, 0.25) is 0 Å². The van der Waals surface area contributed by atoms with Gasteiger partial charge < -0.3 is 5.73 Å². The Labute approximate surface area is 119 Å². The standard InChI is InChI=1S/C15H18N2O2S/c16-10-13-6-8-14(9-7-13)11-17-20(18,19)12-15-4-2-1-3-5-15/h1-9,17H,10-12,16H2. The van der Waals surface area contributed by atoms with E-state index in [1.165, 1.54) is 0 Å². The zero-order chi connectivity index (χ0) is 14.4. The van der Waals surface area contributed by atoms with E-state index in [1.807, 2.05) is 42.5 Å². The van der Waals surface area contributed by atoms with E-state index in [0.29, 0.717) is 13.1 Å². The fraction of sp³-hybridized carbons (Fsp3) is 0.200. The summed E-state index contributed by atoms with van der Waals surface area (Å²) >= 11 is 0. The topological polar surface area (TPSA) is 72.2 Å². The van der Waals surface area contributed by atoms with Gasteiger partial charge in [-0.25, -0.2) is 13.1 Å². The molecule has 0 bridgehead atoms. The lowest BCUT2D eigenvalue weighted by Crippen LogP contribution is -2.24. The molecule has 0 aromatic heterocycles. The molecule has 0 fully saturated rings. The van der Waals surface area contributed by atoms with E-state index < -0.39 is 10.0 Å². The van der Waals surface area contributed by atoms with Crippen molar-refractivity contribution in [3.63, 3.8) is 0 Å². The Bertz CT molecular complexity index is 637. The Balaban J connectivity index is 1.95. The van der Waals surface area contributed by atoms with Gasteiger partial charge in [-0.15, -0.1) is 0 Å². The zero-order valence-electron chi connectivity index (χ0n) is 11.1. The number of rotatable bonds is 6. The maximum absolute atomic E-state index is 12.0. The highest BCUT2D eigenvalue weighted by molar-refractivity contribution is 7.88. The highest BCUT2D eigenvalue weighted by Crippen LogP contribution is 2.07.